The molecule has 0 unspecified atom stereocenters. The van der Waals surface area contributed by atoms with Gasteiger partial charge in [0.15, 0.2) is 6.29 Å². The summed E-state index contributed by atoms with van der Waals surface area (Å²) >= 11 is 0. The highest BCUT2D eigenvalue weighted by Crippen LogP contribution is 2.10. The summed E-state index contributed by atoms with van der Waals surface area (Å²) in [4.78, 5) is 13.7. The summed E-state index contributed by atoms with van der Waals surface area (Å²) in [6.07, 6.45) is -0.622. The van der Waals surface area contributed by atoms with Gasteiger partial charge < -0.3 is 14.4 Å². The molecule has 0 bridgehead atoms. The standard InChI is InChI=1S/C12H23NO3/c1-6-13(7-2)11(14)10(5)12(15-8-3)16-9-4/h12H,5-9H2,1-4H3. The van der Waals surface area contributed by atoms with Crippen LogP contribution in [0.3, 0.4) is 0 Å². The maximum absolute atomic E-state index is 12.0. The maximum atomic E-state index is 12.0. The van der Waals surface area contributed by atoms with Crippen LogP contribution in [0.4, 0.5) is 0 Å². The highest BCUT2D eigenvalue weighted by atomic mass is 16.7. The quantitative estimate of drug-likeness (QED) is 0.470. The minimum Gasteiger partial charge on any atom is -0.348 e. The average molecular weight is 229 g/mol. The van der Waals surface area contributed by atoms with Crippen LogP contribution < -0.4 is 0 Å². The molecule has 94 valence electrons. The first-order chi connectivity index (χ1) is 7.62. The van der Waals surface area contributed by atoms with Crippen molar-refractivity contribution in [3.63, 3.8) is 0 Å². The van der Waals surface area contributed by atoms with E-state index in [0.717, 1.165) is 0 Å². The summed E-state index contributed by atoms with van der Waals surface area (Å²) in [7, 11) is 0. The van der Waals surface area contributed by atoms with Gasteiger partial charge in [-0.15, -0.1) is 0 Å². The van der Waals surface area contributed by atoms with E-state index in [4.69, 9.17) is 9.47 Å². The van der Waals surface area contributed by atoms with Crippen molar-refractivity contribution in [2.75, 3.05) is 26.3 Å². The Hall–Kier alpha value is -0.870. The summed E-state index contributed by atoms with van der Waals surface area (Å²) in [6, 6.07) is 0. The van der Waals surface area contributed by atoms with E-state index in [1.807, 2.05) is 27.7 Å². The van der Waals surface area contributed by atoms with E-state index in [1.165, 1.54) is 0 Å². The second kappa shape index (κ2) is 8.30. The fourth-order valence-corrected chi connectivity index (χ4v) is 1.37. The van der Waals surface area contributed by atoms with Crippen molar-refractivity contribution in [2.24, 2.45) is 0 Å². The number of likely N-dealkylation sites (N-methyl/N-ethyl adjacent to an activating group) is 1. The number of ether oxygens (including phenoxy) is 2. The molecular weight excluding hydrogens is 206 g/mol. The first-order valence-corrected chi connectivity index (χ1v) is 5.83. The predicted octanol–water partition coefficient (Wildman–Crippen LogP) is 1.81. The van der Waals surface area contributed by atoms with Crippen LogP contribution in [-0.2, 0) is 14.3 Å². The van der Waals surface area contributed by atoms with Crippen LogP contribution in [0.5, 0.6) is 0 Å². The molecule has 0 fully saturated rings. The molecule has 0 rings (SSSR count). The minimum atomic E-state index is -0.622. The Bertz CT molecular complexity index is 218. The third-order valence-corrected chi connectivity index (χ3v) is 2.25. The molecule has 0 saturated carbocycles. The molecule has 0 aliphatic carbocycles. The predicted molar refractivity (Wildman–Crippen MR) is 64.1 cm³/mol. The molecule has 4 heteroatoms. The molecule has 0 radical (unpaired) electrons. The highest BCUT2D eigenvalue weighted by molar-refractivity contribution is 5.93. The summed E-state index contributed by atoms with van der Waals surface area (Å²) in [5.41, 5.74) is 0.368. The summed E-state index contributed by atoms with van der Waals surface area (Å²) in [5, 5.41) is 0. The monoisotopic (exact) mass is 229 g/mol. The Morgan fingerprint density at radius 3 is 1.88 bits per heavy atom. The summed E-state index contributed by atoms with van der Waals surface area (Å²) in [5.74, 6) is -0.100. The zero-order valence-electron chi connectivity index (χ0n) is 10.8. The molecule has 0 aliphatic heterocycles. The van der Waals surface area contributed by atoms with Crippen molar-refractivity contribution in [3.8, 4) is 0 Å². The van der Waals surface area contributed by atoms with E-state index in [2.05, 4.69) is 6.58 Å². The van der Waals surface area contributed by atoms with Crippen molar-refractivity contribution in [1.29, 1.82) is 0 Å². The van der Waals surface area contributed by atoms with Gasteiger partial charge in [0, 0.05) is 26.3 Å². The van der Waals surface area contributed by atoms with Gasteiger partial charge in [-0.2, -0.15) is 0 Å². The smallest absolute Gasteiger partial charge is 0.254 e. The van der Waals surface area contributed by atoms with Crippen LogP contribution in [0.1, 0.15) is 27.7 Å². The number of hydrogen-bond donors (Lipinski definition) is 0. The lowest BCUT2D eigenvalue weighted by atomic mass is 10.2. The molecular formula is C12H23NO3. The Morgan fingerprint density at radius 1 is 1.12 bits per heavy atom. The first-order valence-electron chi connectivity index (χ1n) is 5.83. The first kappa shape index (κ1) is 15.1. The number of amides is 1. The Balaban J connectivity index is 4.52. The van der Waals surface area contributed by atoms with Crippen molar-refractivity contribution in [3.05, 3.63) is 12.2 Å². The molecule has 0 saturated heterocycles. The van der Waals surface area contributed by atoms with Gasteiger partial charge >= 0.3 is 0 Å². The van der Waals surface area contributed by atoms with E-state index in [-0.39, 0.29) is 5.91 Å². The molecule has 0 aromatic carbocycles. The Morgan fingerprint density at radius 2 is 1.56 bits per heavy atom. The zero-order valence-corrected chi connectivity index (χ0v) is 10.8. The van der Waals surface area contributed by atoms with Crippen LogP contribution in [0.25, 0.3) is 0 Å². The highest BCUT2D eigenvalue weighted by Gasteiger charge is 2.22. The molecule has 0 aliphatic rings. The largest absolute Gasteiger partial charge is 0.348 e. The molecule has 16 heavy (non-hydrogen) atoms. The second-order valence-electron chi connectivity index (χ2n) is 3.25. The van der Waals surface area contributed by atoms with E-state index >= 15 is 0 Å². The number of hydrogen-bond acceptors (Lipinski definition) is 3. The lowest BCUT2D eigenvalue weighted by molar-refractivity contribution is -0.140. The molecule has 1 amide bonds. The van der Waals surface area contributed by atoms with Gasteiger partial charge in [-0.05, 0) is 27.7 Å². The van der Waals surface area contributed by atoms with Gasteiger partial charge in [-0.1, -0.05) is 6.58 Å². The summed E-state index contributed by atoms with van der Waals surface area (Å²) in [6.45, 7) is 13.7. The number of carbonyl (C=O) groups is 1. The molecule has 0 aromatic heterocycles. The summed E-state index contributed by atoms with van der Waals surface area (Å²) < 4.78 is 10.7. The van der Waals surface area contributed by atoms with Gasteiger partial charge in [0.05, 0.1) is 5.57 Å². The van der Waals surface area contributed by atoms with Crippen LogP contribution >= 0.6 is 0 Å². The van der Waals surface area contributed by atoms with Crippen LogP contribution in [0.15, 0.2) is 12.2 Å². The van der Waals surface area contributed by atoms with E-state index < -0.39 is 6.29 Å². The number of carbonyl (C=O) groups excluding carboxylic acids is 1. The van der Waals surface area contributed by atoms with Crippen LogP contribution in [-0.4, -0.2) is 43.4 Å². The lowest BCUT2D eigenvalue weighted by Crippen LogP contribution is -2.36. The van der Waals surface area contributed by atoms with Gasteiger partial charge in [0.25, 0.3) is 5.91 Å². The van der Waals surface area contributed by atoms with E-state index in [9.17, 15) is 4.79 Å². The van der Waals surface area contributed by atoms with Crippen LogP contribution in [0.2, 0.25) is 0 Å². The Kier molecular flexibility index (Phi) is 7.85. The topological polar surface area (TPSA) is 38.8 Å². The van der Waals surface area contributed by atoms with Gasteiger partial charge in [-0.25, -0.2) is 0 Å². The molecule has 4 nitrogen and oxygen atoms in total. The molecule has 0 aromatic rings. The van der Waals surface area contributed by atoms with Crippen molar-refractivity contribution in [1.82, 2.24) is 4.90 Å². The normalized spacial score (nSPS) is 10.6. The zero-order chi connectivity index (χ0) is 12.6. The second-order valence-corrected chi connectivity index (χ2v) is 3.25. The number of rotatable bonds is 8. The molecule has 0 heterocycles. The SMILES string of the molecule is C=C(C(=O)N(CC)CC)C(OCC)OCC. The molecule has 0 spiro atoms. The van der Waals surface area contributed by atoms with E-state index in [0.29, 0.717) is 31.9 Å². The maximum Gasteiger partial charge on any atom is 0.254 e. The number of nitrogens with zero attached hydrogens (tertiary/aromatic N) is 1. The fourth-order valence-electron chi connectivity index (χ4n) is 1.37. The van der Waals surface area contributed by atoms with Gasteiger partial charge in [-0.3, -0.25) is 4.79 Å². The molecule has 0 N–H and O–H groups in total. The molecule has 0 atom stereocenters. The fraction of sp³-hybridized carbons (Fsp3) is 0.750. The third-order valence-electron chi connectivity index (χ3n) is 2.25. The van der Waals surface area contributed by atoms with Crippen molar-refractivity contribution in [2.45, 2.75) is 34.0 Å². The van der Waals surface area contributed by atoms with Crippen molar-refractivity contribution < 1.29 is 14.3 Å². The third kappa shape index (κ3) is 4.33. The van der Waals surface area contributed by atoms with E-state index in [1.54, 1.807) is 4.90 Å². The van der Waals surface area contributed by atoms with Gasteiger partial charge in [0.2, 0.25) is 0 Å². The van der Waals surface area contributed by atoms with Crippen LogP contribution in [0, 0.1) is 0 Å². The lowest BCUT2D eigenvalue weighted by Gasteiger charge is -2.24. The van der Waals surface area contributed by atoms with Crippen molar-refractivity contribution >= 4 is 5.91 Å². The van der Waals surface area contributed by atoms with Gasteiger partial charge in [0.1, 0.15) is 0 Å². The minimum absolute atomic E-state index is 0.100. The average Bonchev–Trinajstić information content (AvgIpc) is 2.29. The Labute approximate surface area is 98.2 Å².